The standard InChI is InChI=1S/C12H17BrN2OS/c13-9-1-4-12(14-7-9)17-6-5-11(8-16)15-10-2-3-10/h1,4,7,10-11,15-16H,2-3,5-6,8H2. The zero-order chi connectivity index (χ0) is 12.1. The maximum atomic E-state index is 9.24. The molecule has 1 heterocycles. The second-order valence-electron chi connectivity index (χ2n) is 4.27. The Balaban J connectivity index is 1.68. The molecule has 3 nitrogen and oxygen atoms in total. The summed E-state index contributed by atoms with van der Waals surface area (Å²) in [7, 11) is 0. The lowest BCUT2D eigenvalue weighted by Gasteiger charge is -2.15. The number of aliphatic hydroxyl groups is 1. The third kappa shape index (κ3) is 4.95. The van der Waals surface area contributed by atoms with Gasteiger partial charge in [0.1, 0.15) is 0 Å². The van der Waals surface area contributed by atoms with Gasteiger partial charge in [-0.2, -0.15) is 0 Å². The summed E-state index contributed by atoms with van der Waals surface area (Å²) in [5, 5.41) is 13.7. The summed E-state index contributed by atoms with van der Waals surface area (Å²) in [4.78, 5) is 4.31. The van der Waals surface area contributed by atoms with Gasteiger partial charge >= 0.3 is 0 Å². The molecule has 1 aliphatic rings. The molecule has 5 heteroatoms. The van der Waals surface area contributed by atoms with Gasteiger partial charge in [0.2, 0.25) is 0 Å². The van der Waals surface area contributed by atoms with Crippen LogP contribution in [0.2, 0.25) is 0 Å². The van der Waals surface area contributed by atoms with E-state index in [4.69, 9.17) is 0 Å². The molecule has 1 aromatic heterocycles. The van der Waals surface area contributed by atoms with E-state index >= 15 is 0 Å². The van der Waals surface area contributed by atoms with E-state index in [9.17, 15) is 5.11 Å². The zero-order valence-corrected chi connectivity index (χ0v) is 12.0. The topological polar surface area (TPSA) is 45.2 Å². The van der Waals surface area contributed by atoms with Crippen molar-refractivity contribution in [1.29, 1.82) is 0 Å². The molecule has 2 rings (SSSR count). The van der Waals surface area contributed by atoms with Crippen LogP contribution in [0, 0.1) is 0 Å². The van der Waals surface area contributed by atoms with Gasteiger partial charge in [-0.3, -0.25) is 0 Å². The van der Waals surface area contributed by atoms with Crippen molar-refractivity contribution in [3.05, 3.63) is 22.8 Å². The van der Waals surface area contributed by atoms with Crippen LogP contribution in [0.4, 0.5) is 0 Å². The quantitative estimate of drug-likeness (QED) is 0.758. The largest absolute Gasteiger partial charge is 0.395 e. The Labute approximate surface area is 115 Å². The molecule has 0 spiro atoms. The first-order valence-electron chi connectivity index (χ1n) is 5.89. The molecule has 17 heavy (non-hydrogen) atoms. The van der Waals surface area contributed by atoms with Crippen molar-refractivity contribution in [2.45, 2.75) is 36.4 Å². The Hall–Kier alpha value is -0.100. The van der Waals surface area contributed by atoms with Crippen LogP contribution in [0.15, 0.2) is 27.8 Å². The maximum absolute atomic E-state index is 9.24. The van der Waals surface area contributed by atoms with Crippen LogP contribution in [0.5, 0.6) is 0 Å². The van der Waals surface area contributed by atoms with Crippen LogP contribution in [-0.4, -0.2) is 34.5 Å². The summed E-state index contributed by atoms with van der Waals surface area (Å²) in [6.45, 7) is 0.227. The van der Waals surface area contributed by atoms with Crippen molar-refractivity contribution in [3.63, 3.8) is 0 Å². The Bertz CT molecular complexity index is 343. The summed E-state index contributed by atoms with van der Waals surface area (Å²) in [5.41, 5.74) is 0. The predicted octanol–water partition coefficient (Wildman–Crippen LogP) is 2.44. The first kappa shape index (κ1) is 13.3. The van der Waals surface area contributed by atoms with E-state index in [1.54, 1.807) is 11.8 Å². The molecule has 2 N–H and O–H groups in total. The Morgan fingerprint density at radius 1 is 1.53 bits per heavy atom. The molecule has 0 saturated heterocycles. The van der Waals surface area contributed by atoms with E-state index in [1.807, 2.05) is 18.3 Å². The Morgan fingerprint density at radius 2 is 2.35 bits per heavy atom. The second kappa shape index (κ2) is 6.73. The first-order chi connectivity index (χ1) is 8.28. The normalized spacial score (nSPS) is 17.1. The molecule has 0 aromatic carbocycles. The van der Waals surface area contributed by atoms with Gasteiger partial charge in [0.25, 0.3) is 0 Å². The number of halogens is 1. The molecule has 0 aliphatic heterocycles. The molecular formula is C12H17BrN2OS. The lowest BCUT2D eigenvalue weighted by atomic mass is 10.2. The third-order valence-electron chi connectivity index (χ3n) is 2.69. The molecule has 1 saturated carbocycles. The number of nitrogens with zero attached hydrogens (tertiary/aromatic N) is 1. The van der Waals surface area contributed by atoms with E-state index < -0.39 is 0 Å². The van der Waals surface area contributed by atoms with Crippen molar-refractivity contribution in [2.24, 2.45) is 0 Å². The van der Waals surface area contributed by atoms with E-state index in [1.165, 1.54) is 12.8 Å². The minimum atomic E-state index is 0.227. The third-order valence-corrected chi connectivity index (χ3v) is 4.13. The summed E-state index contributed by atoms with van der Waals surface area (Å²) >= 11 is 5.10. The molecular weight excluding hydrogens is 300 g/mol. The zero-order valence-electron chi connectivity index (χ0n) is 9.60. The molecule has 1 aromatic rings. The lowest BCUT2D eigenvalue weighted by Crippen LogP contribution is -2.34. The van der Waals surface area contributed by atoms with Crippen molar-refractivity contribution in [3.8, 4) is 0 Å². The van der Waals surface area contributed by atoms with Gasteiger partial charge in [0.05, 0.1) is 11.6 Å². The highest BCUT2D eigenvalue weighted by Crippen LogP contribution is 2.22. The fourth-order valence-electron chi connectivity index (χ4n) is 1.56. The predicted molar refractivity (Wildman–Crippen MR) is 74.3 cm³/mol. The summed E-state index contributed by atoms with van der Waals surface area (Å²) in [6, 6.07) is 4.91. The summed E-state index contributed by atoms with van der Waals surface area (Å²) < 4.78 is 1.01. The molecule has 0 radical (unpaired) electrons. The van der Waals surface area contributed by atoms with E-state index in [0.29, 0.717) is 6.04 Å². The number of hydrogen-bond acceptors (Lipinski definition) is 4. The number of aromatic nitrogens is 1. The molecule has 0 bridgehead atoms. The van der Waals surface area contributed by atoms with Gasteiger partial charge in [-0.05, 0) is 47.3 Å². The van der Waals surface area contributed by atoms with Crippen LogP contribution < -0.4 is 5.32 Å². The van der Waals surface area contributed by atoms with Crippen LogP contribution in [-0.2, 0) is 0 Å². The highest BCUT2D eigenvalue weighted by molar-refractivity contribution is 9.10. The number of nitrogens with one attached hydrogen (secondary N) is 1. The molecule has 1 fully saturated rings. The number of pyridine rings is 1. The van der Waals surface area contributed by atoms with E-state index in [2.05, 4.69) is 26.2 Å². The number of rotatable bonds is 7. The highest BCUT2D eigenvalue weighted by atomic mass is 79.9. The average Bonchev–Trinajstić information content (AvgIpc) is 3.14. The first-order valence-corrected chi connectivity index (χ1v) is 7.67. The monoisotopic (exact) mass is 316 g/mol. The average molecular weight is 317 g/mol. The van der Waals surface area contributed by atoms with Crippen molar-refractivity contribution in [1.82, 2.24) is 10.3 Å². The van der Waals surface area contributed by atoms with E-state index in [0.717, 1.165) is 21.7 Å². The van der Waals surface area contributed by atoms with Crippen molar-refractivity contribution in [2.75, 3.05) is 12.4 Å². The van der Waals surface area contributed by atoms with Crippen LogP contribution >= 0.6 is 27.7 Å². The fourth-order valence-corrected chi connectivity index (χ4v) is 2.70. The number of thioether (sulfide) groups is 1. The fraction of sp³-hybridized carbons (Fsp3) is 0.583. The number of aliphatic hydroxyl groups excluding tert-OH is 1. The molecule has 1 aliphatic carbocycles. The van der Waals surface area contributed by atoms with Crippen LogP contribution in [0.3, 0.4) is 0 Å². The van der Waals surface area contributed by atoms with Crippen LogP contribution in [0.25, 0.3) is 0 Å². The van der Waals surface area contributed by atoms with Gasteiger partial charge in [-0.15, -0.1) is 11.8 Å². The van der Waals surface area contributed by atoms with Gasteiger partial charge in [0, 0.05) is 28.5 Å². The Morgan fingerprint density at radius 3 is 2.94 bits per heavy atom. The van der Waals surface area contributed by atoms with Gasteiger partial charge < -0.3 is 10.4 Å². The molecule has 0 amide bonds. The smallest absolute Gasteiger partial charge is 0.0960 e. The number of hydrogen-bond donors (Lipinski definition) is 2. The minimum Gasteiger partial charge on any atom is -0.395 e. The SMILES string of the molecule is OCC(CCSc1ccc(Br)cn1)NC1CC1. The molecule has 94 valence electrons. The summed E-state index contributed by atoms with van der Waals surface area (Å²) in [5.74, 6) is 0.986. The second-order valence-corrected chi connectivity index (χ2v) is 6.30. The molecule has 1 atom stereocenters. The van der Waals surface area contributed by atoms with E-state index in [-0.39, 0.29) is 12.6 Å². The summed E-state index contributed by atoms with van der Waals surface area (Å²) in [6.07, 6.45) is 5.32. The maximum Gasteiger partial charge on any atom is 0.0960 e. The van der Waals surface area contributed by atoms with Crippen LogP contribution in [0.1, 0.15) is 19.3 Å². The van der Waals surface area contributed by atoms with Gasteiger partial charge in [-0.1, -0.05) is 0 Å². The minimum absolute atomic E-state index is 0.227. The van der Waals surface area contributed by atoms with Crippen molar-refractivity contribution < 1.29 is 5.11 Å². The highest BCUT2D eigenvalue weighted by Gasteiger charge is 2.23. The Kier molecular flexibility index (Phi) is 5.28. The molecule has 1 unspecified atom stereocenters. The van der Waals surface area contributed by atoms with Gasteiger partial charge in [-0.25, -0.2) is 4.98 Å². The lowest BCUT2D eigenvalue weighted by molar-refractivity contribution is 0.239. The van der Waals surface area contributed by atoms with Gasteiger partial charge in [0.15, 0.2) is 0 Å². The van der Waals surface area contributed by atoms with Crippen molar-refractivity contribution >= 4 is 27.7 Å².